The van der Waals surface area contributed by atoms with Gasteiger partial charge in [-0.3, -0.25) is 0 Å². The molecule has 0 atom stereocenters. The first kappa shape index (κ1) is 30.9. The number of hydrogen-bond acceptors (Lipinski definition) is 4. The third-order valence-corrected chi connectivity index (χ3v) is 5.95. The second-order valence-corrected chi connectivity index (χ2v) is 10.6. The maximum atomic E-state index is 12.2. The molecule has 0 rings (SSSR count). The Kier molecular flexibility index (Phi) is 17.7. The minimum absolute atomic E-state index is 0.132. The normalized spacial score (nSPS) is 12.1. The van der Waals surface area contributed by atoms with Crippen molar-refractivity contribution in [1.82, 2.24) is 0 Å². The predicted molar refractivity (Wildman–Crippen MR) is 132 cm³/mol. The summed E-state index contributed by atoms with van der Waals surface area (Å²) in [5, 5.41) is 0. The zero-order chi connectivity index (χ0) is 24.3. The molecule has 32 heavy (non-hydrogen) atoms. The summed E-state index contributed by atoms with van der Waals surface area (Å²) in [5.41, 5.74) is 0. The zero-order valence-electron chi connectivity index (χ0n) is 22.3. The Morgan fingerprint density at radius 1 is 0.531 bits per heavy atom. The number of likely N-dealkylation sites (N-methyl/N-ethyl adjacent to an activating group) is 2. The highest BCUT2D eigenvalue weighted by molar-refractivity contribution is 5.70. The van der Waals surface area contributed by atoms with Crippen LogP contribution in [-0.2, 0) is 19.1 Å². The van der Waals surface area contributed by atoms with E-state index in [0.29, 0.717) is 35.3 Å². The number of carbonyl (C=O) groups is 2. The molecule has 0 unspecified atom stereocenters. The van der Waals surface area contributed by atoms with Crippen molar-refractivity contribution in [3.8, 4) is 0 Å². The maximum Gasteiger partial charge on any atom is 0.361 e. The van der Waals surface area contributed by atoms with Crippen LogP contribution in [0.25, 0.3) is 0 Å². The van der Waals surface area contributed by atoms with E-state index in [1.54, 1.807) is 0 Å². The average Bonchev–Trinajstić information content (AvgIpc) is 2.70. The van der Waals surface area contributed by atoms with Gasteiger partial charge in [0, 0.05) is 0 Å². The van der Waals surface area contributed by atoms with E-state index in [9.17, 15) is 9.59 Å². The first-order valence-corrected chi connectivity index (χ1v) is 13.1. The largest absolute Gasteiger partial charge is 0.462 e. The summed E-state index contributed by atoms with van der Waals surface area (Å²) >= 11 is 0. The van der Waals surface area contributed by atoms with E-state index in [1.165, 1.54) is 51.4 Å². The summed E-state index contributed by atoms with van der Waals surface area (Å²) in [4.78, 5) is 24.4. The quantitative estimate of drug-likeness (QED) is 0.139. The third kappa shape index (κ3) is 19.5. The summed E-state index contributed by atoms with van der Waals surface area (Å²) < 4.78 is 12.0. The molecule has 0 aliphatic carbocycles. The van der Waals surface area contributed by atoms with Gasteiger partial charge in [0.15, 0.2) is 13.1 Å². The van der Waals surface area contributed by atoms with Crippen LogP contribution in [0.4, 0.5) is 0 Å². The lowest BCUT2D eigenvalue weighted by molar-refractivity contribution is -0.939. The number of esters is 2. The van der Waals surface area contributed by atoms with Gasteiger partial charge in [0.1, 0.15) is 13.1 Å². The molecule has 6 heteroatoms. The molecule has 6 nitrogen and oxygen atoms in total. The molecule has 0 bridgehead atoms. The fourth-order valence-corrected chi connectivity index (χ4v) is 3.63. The highest BCUT2D eigenvalue weighted by Gasteiger charge is 2.28. The van der Waals surface area contributed by atoms with Gasteiger partial charge in [-0.2, -0.15) is 0 Å². The molecule has 0 saturated carbocycles. The standard InChI is InChI=1S/C26H54N2O4/c1-7-9-11-13-15-17-21-31-25(29)23-27(3,4)19-20-28(5,6)24-26(30)32-22-18-16-14-12-10-8-2/h7-24H2,1-6H3/q+2. The SMILES string of the molecule is CCCCCCCCOC(=O)C[N+](C)(C)CC[N+](C)(C)CC(=O)OCCCCCCCC. The van der Waals surface area contributed by atoms with Crippen LogP contribution < -0.4 is 0 Å². The van der Waals surface area contributed by atoms with Crippen LogP contribution in [0.15, 0.2) is 0 Å². The van der Waals surface area contributed by atoms with Crippen molar-refractivity contribution < 1.29 is 28.0 Å². The van der Waals surface area contributed by atoms with Crippen LogP contribution in [0.2, 0.25) is 0 Å². The lowest BCUT2D eigenvalue weighted by Crippen LogP contribution is -2.54. The maximum absolute atomic E-state index is 12.2. The summed E-state index contributed by atoms with van der Waals surface area (Å²) in [7, 11) is 8.18. The van der Waals surface area contributed by atoms with Gasteiger partial charge in [-0.1, -0.05) is 78.1 Å². The summed E-state index contributed by atoms with van der Waals surface area (Å²) in [5.74, 6) is -0.264. The van der Waals surface area contributed by atoms with Crippen LogP contribution in [0.5, 0.6) is 0 Å². The highest BCUT2D eigenvalue weighted by Crippen LogP contribution is 2.08. The van der Waals surface area contributed by atoms with E-state index in [2.05, 4.69) is 13.8 Å². The van der Waals surface area contributed by atoms with Crippen molar-refractivity contribution in [2.45, 2.75) is 90.9 Å². The molecule has 0 N–H and O–H groups in total. The molecule has 0 spiro atoms. The van der Waals surface area contributed by atoms with Gasteiger partial charge in [0.25, 0.3) is 0 Å². The first-order chi connectivity index (χ1) is 15.1. The van der Waals surface area contributed by atoms with E-state index in [-0.39, 0.29) is 11.9 Å². The van der Waals surface area contributed by atoms with Crippen molar-refractivity contribution in [3.05, 3.63) is 0 Å². The second kappa shape index (κ2) is 18.3. The van der Waals surface area contributed by atoms with Gasteiger partial charge in [-0.15, -0.1) is 0 Å². The molecule has 0 saturated heterocycles. The third-order valence-electron chi connectivity index (χ3n) is 5.95. The van der Waals surface area contributed by atoms with E-state index < -0.39 is 0 Å². The number of carbonyl (C=O) groups excluding carboxylic acids is 2. The Bertz CT molecular complexity index is 448. The molecular formula is C26H54N2O4+2. The molecule has 0 heterocycles. The van der Waals surface area contributed by atoms with Crippen LogP contribution >= 0.6 is 0 Å². The zero-order valence-corrected chi connectivity index (χ0v) is 22.3. The van der Waals surface area contributed by atoms with Crippen molar-refractivity contribution >= 4 is 11.9 Å². The van der Waals surface area contributed by atoms with Gasteiger partial charge >= 0.3 is 11.9 Å². The summed E-state index contributed by atoms with van der Waals surface area (Å²) in [6.07, 6.45) is 14.2. The average molecular weight is 459 g/mol. The predicted octanol–water partition coefficient (Wildman–Crippen LogP) is 4.95. The Morgan fingerprint density at radius 3 is 1.19 bits per heavy atom. The molecule has 0 aromatic heterocycles. The number of unbranched alkanes of at least 4 members (excludes halogenated alkanes) is 10. The lowest BCUT2D eigenvalue weighted by Gasteiger charge is -2.34. The number of ether oxygens (including phenoxy) is 2. The molecule has 0 aliphatic rings. The van der Waals surface area contributed by atoms with Crippen LogP contribution in [0.3, 0.4) is 0 Å². The van der Waals surface area contributed by atoms with Gasteiger partial charge in [-0.25, -0.2) is 9.59 Å². The minimum Gasteiger partial charge on any atom is -0.462 e. The van der Waals surface area contributed by atoms with Crippen molar-refractivity contribution in [1.29, 1.82) is 0 Å². The molecule has 0 aromatic carbocycles. The fourth-order valence-electron chi connectivity index (χ4n) is 3.63. The highest BCUT2D eigenvalue weighted by atomic mass is 16.5. The van der Waals surface area contributed by atoms with Gasteiger partial charge in [0.2, 0.25) is 0 Å². The van der Waals surface area contributed by atoms with Gasteiger partial charge in [-0.05, 0) is 12.8 Å². The van der Waals surface area contributed by atoms with Crippen LogP contribution in [0.1, 0.15) is 90.9 Å². The van der Waals surface area contributed by atoms with Crippen LogP contribution in [-0.4, -0.2) is 88.5 Å². The fraction of sp³-hybridized carbons (Fsp3) is 0.923. The number of quaternary nitrogens is 2. The molecule has 0 radical (unpaired) electrons. The van der Waals surface area contributed by atoms with Crippen molar-refractivity contribution in [3.63, 3.8) is 0 Å². The monoisotopic (exact) mass is 458 g/mol. The first-order valence-electron chi connectivity index (χ1n) is 13.1. The number of hydrogen-bond donors (Lipinski definition) is 0. The minimum atomic E-state index is -0.132. The van der Waals surface area contributed by atoms with Gasteiger partial charge in [0.05, 0.1) is 41.4 Å². The van der Waals surface area contributed by atoms with E-state index in [1.807, 2.05) is 28.2 Å². The Labute approximate surface area is 198 Å². The second-order valence-electron chi connectivity index (χ2n) is 10.6. The van der Waals surface area contributed by atoms with Gasteiger partial charge < -0.3 is 18.4 Å². The smallest absolute Gasteiger partial charge is 0.361 e. The Balaban J connectivity index is 4.00. The molecule has 0 aliphatic heterocycles. The molecule has 0 fully saturated rings. The number of rotatable bonds is 21. The molecule has 190 valence electrons. The van der Waals surface area contributed by atoms with Crippen molar-refractivity contribution in [2.75, 3.05) is 67.6 Å². The number of nitrogens with zero attached hydrogens (tertiary/aromatic N) is 2. The molecule has 0 amide bonds. The summed E-state index contributed by atoms with van der Waals surface area (Å²) in [6, 6.07) is 0. The molecular weight excluding hydrogens is 404 g/mol. The summed E-state index contributed by atoms with van der Waals surface area (Å²) in [6.45, 7) is 7.79. The molecule has 0 aromatic rings. The van der Waals surface area contributed by atoms with E-state index in [4.69, 9.17) is 9.47 Å². The van der Waals surface area contributed by atoms with E-state index in [0.717, 1.165) is 38.8 Å². The Morgan fingerprint density at radius 2 is 0.844 bits per heavy atom. The van der Waals surface area contributed by atoms with Crippen LogP contribution in [0, 0.1) is 0 Å². The van der Waals surface area contributed by atoms with E-state index >= 15 is 0 Å². The lowest BCUT2D eigenvalue weighted by atomic mass is 10.1. The topological polar surface area (TPSA) is 52.6 Å². The Hall–Kier alpha value is -1.14. The van der Waals surface area contributed by atoms with Crippen molar-refractivity contribution in [2.24, 2.45) is 0 Å².